The van der Waals surface area contributed by atoms with E-state index >= 15 is 0 Å². The maximum atomic E-state index is 12.7. The van der Waals surface area contributed by atoms with Gasteiger partial charge in [0.05, 0.1) is 6.04 Å². The van der Waals surface area contributed by atoms with Gasteiger partial charge in [0, 0.05) is 23.0 Å². The predicted octanol–water partition coefficient (Wildman–Crippen LogP) is 3.50. The maximum Gasteiger partial charge on any atom is 0.237 e. The standard InChI is InChI=1S/C19H25ClN2O/c20-16-6-2-1-5-15(16)19(10-4-11-19)13-21-18(23)17-7-3-12-22(17)14-8-9-14/h1-2,5-6,14,17H,3-4,7-13H2,(H,21,23)/t17-/m1/s1. The second kappa shape index (κ2) is 6.10. The molecule has 0 bridgehead atoms. The van der Waals surface area contributed by atoms with Gasteiger partial charge in [0.2, 0.25) is 5.91 Å². The van der Waals surface area contributed by atoms with Crippen molar-refractivity contribution in [1.82, 2.24) is 10.2 Å². The van der Waals surface area contributed by atoms with Crippen LogP contribution in [0.15, 0.2) is 24.3 Å². The Morgan fingerprint density at radius 3 is 2.65 bits per heavy atom. The zero-order valence-corrected chi connectivity index (χ0v) is 14.3. The summed E-state index contributed by atoms with van der Waals surface area (Å²) in [5.74, 6) is 0.229. The average Bonchev–Trinajstić information content (AvgIpc) is 3.24. The first kappa shape index (κ1) is 15.5. The van der Waals surface area contributed by atoms with E-state index in [0.29, 0.717) is 6.04 Å². The molecule has 1 aromatic rings. The number of rotatable bonds is 5. The van der Waals surface area contributed by atoms with Crippen molar-refractivity contribution in [3.63, 3.8) is 0 Å². The fourth-order valence-electron chi connectivity index (χ4n) is 4.32. The molecule has 23 heavy (non-hydrogen) atoms. The van der Waals surface area contributed by atoms with Gasteiger partial charge < -0.3 is 5.32 Å². The Labute approximate surface area is 143 Å². The second-order valence-corrected chi connectivity index (χ2v) is 7.87. The average molecular weight is 333 g/mol. The van der Waals surface area contributed by atoms with Crippen LogP contribution in [0.3, 0.4) is 0 Å². The van der Waals surface area contributed by atoms with Gasteiger partial charge in [0.25, 0.3) is 0 Å². The molecule has 124 valence electrons. The van der Waals surface area contributed by atoms with Gasteiger partial charge in [-0.2, -0.15) is 0 Å². The van der Waals surface area contributed by atoms with E-state index in [4.69, 9.17) is 11.6 Å². The number of nitrogens with one attached hydrogen (secondary N) is 1. The molecule has 4 rings (SSSR count). The number of carbonyl (C=O) groups excluding carboxylic acids is 1. The Morgan fingerprint density at radius 1 is 1.22 bits per heavy atom. The lowest BCUT2D eigenvalue weighted by molar-refractivity contribution is -0.126. The Morgan fingerprint density at radius 2 is 2.00 bits per heavy atom. The molecular formula is C19H25ClN2O. The highest BCUT2D eigenvalue weighted by molar-refractivity contribution is 6.31. The van der Waals surface area contributed by atoms with Crippen LogP contribution in [-0.4, -0.2) is 36.0 Å². The van der Waals surface area contributed by atoms with Crippen LogP contribution in [-0.2, 0) is 10.2 Å². The molecule has 4 heteroatoms. The van der Waals surface area contributed by atoms with Crippen molar-refractivity contribution < 1.29 is 4.79 Å². The van der Waals surface area contributed by atoms with Crippen molar-refractivity contribution in [3.8, 4) is 0 Å². The van der Waals surface area contributed by atoms with Crippen LogP contribution in [0.25, 0.3) is 0 Å². The van der Waals surface area contributed by atoms with Gasteiger partial charge in [-0.25, -0.2) is 0 Å². The van der Waals surface area contributed by atoms with Crippen LogP contribution >= 0.6 is 11.6 Å². The third-order valence-corrected chi connectivity index (χ3v) is 6.30. The summed E-state index contributed by atoms with van der Waals surface area (Å²) in [5.41, 5.74) is 1.26. The van der Waals surface area contributed by atoms with Gasteiger partial charge >= 0.3 is 0 Å². The highest BCUT2D eigenvalue weighted by Gasteiger charge is 2.43. The number of hydrogen-bond donors (Lipinski definition) is 1. The molecule has 0 spiro atoms. The highest BCUT2D eigenvalue weighted by Crippen LogP contribution is 2.45. The van der Waals surface area contributed by atoms with Crippen molar-refractivity contribution in [2.45, 2.75) is 62.4 Å². The second-order valence-electron chi connectivity index (χ2n) is 7.46. The molecule has 3 aliphatic rings. The van der Waals surface area contributed by atoms with Crippen LogP contribution in [0.5, 0.6) is 0 Å². The normalized spacial score (nSPS) is 26.7. The van der Waals surface area contributed by atoms with E-state index in [9.17, 15) is 4.79 Å². The Bertz CT molecular complexity index is 595. The Kier molecular flexibility index (Phi) is 4.10. The zero-order valence-electron chi connectivity index (χ0n) is 13.6. The summed E-state index contributed by atoms with van der Waals surface area (Å²) >= 11 is 6.42. The van der Waals surface area contributed by atoms with Crippen molar-refractivity contribution in [2.75, 3.05) is 13.1 Å². The molecular weight excluding hydrogens is 308 g/mol. The number of benzene rings is 1. The van der Waals surface area contributed by atoms with Crippen LogP contribution in [0.4, 0.5) is 0 Å². The van der Waals surface area contributed by atoms with E-state index in [1.807, 2.05) is 12.1 Å². The molecule has 1 aliphatic heterocycles. The van der Waals surface area contributed by atoms with E-state index in [-0.39, 0.29) is 17.4 Å². The van der Waals surface area contributed by atoms with Gasteiger partial charge in [-0.05, 0) is 56.7 Å². The van der Waals surface area contributed by atoms with E-state index < -0.39 is 0 Å². The van der Waals surface area contributed by atoms with Crippen molar-refractivity contribution in [2.24, 2.45) is 0 Å². The van der Waals surface area contributed by atoms with Crippen molar-refractivity contribution in [1.29, 1.82) is 0 Å². The molecule has 0 aromatic heterocycles. The van der Waals surface area contributed by atoms with E-state index in [2.05, 4.69) is 22.3 Å². The topological polar surface area (TPSA) is 32.3 Å². The van der Waals surface area contributed by atoms with Crippen LogP contribution in [0, 0.1) is 0 Å². The Balaban J connectivity index is 1.43. The molecule has 1 amide bonds. The summed E-state index contributed by atoms with van der Waals surface area (Å²) in [4.78, 5) is 15.1. The zero-order chi connectivity index (χ0) is 15.9. The van der Waals surface area contributed by atoms with Gasteiger partial charge in [0.15, 0.2) is 0 Å². The van der Waals surface area contributed by atoms with Gasteiger partial charge in [-0.1, -0.05) is 36.2 Å². The SMILES string of the molecule is O=C(NCC1(c2ccccc2Cl)CCC1)[C@H]1CCCN1C1CC1. The van der Waals surface area contributed by atoms with Gasteiger partial charge in [-0.15, -0.1) is 0 Å². The molecule has 3 fully saturated rings. The number of carbonyl (C=O) groups is 1. The summed E-state index contributed by atoms with van der Waals surface area (Å²) in [6.07, 6.45) is 8.17. The van der Waals surface area contributed by atoms with Crippen LogP contribution in [0.2, 0.25) is 5.02 Å². The summed E-state index contributed by atoms with van der Waals surface area (Å²) in [6.45, 7) is 1.82. The molecule has 1 aromatic carbocycles. The fraction of sp³-hybridized carbons (Fsp3) is 0.632. The Hall–Kier alpha value is -1.06. The molecule has 1 atom stereocenters. The number of nitrogens with zero attached hydrogens (tertiary/aromatic N) is 1. The quantitative estimate of drug-likeness (QED) is 0.895. The molecule has 2 saturated carbocycles. The third kappa shape index (κ3) is 2.89. The third-order valence-electron chi connectivity index (χ3n) is 5.97. The lowest BCUT2D eigenvalue weighted by Crippen LogP contribution is -2.50. The van der Waals surface area contributed by atoms with Crippen LogP contribution in [0.1, 0.15) is 50.5 Å². The number of halogens is 1. The minimum atomic E-state index is 0.0526. The lowest BCUT2D eigenvalue weighted by Gasteiger charge is -2.43. The smallest absolute Gasteiger partial charge is 0.237 e. The summed E-state index contributed by atoms with van der Waals surface area (Å²) in [5, 5.41) is 4.10. The van der Waals surface area contributed by atoms with E-state index in [0.717, 1.165) is 43.8 Å². The molecule has 1 N–H and O–H groups in total. The predicted molar refractivity (Wildman–Crippen MR) is 92.7 cm³/mol. The minimum Gasteiger partial charge on any atom is -0.354 e. The van der Waals surface area contributed by atoms with E-state index in [1.54, 1.807) is 0 Å². The first-order valence-electron chi connectivity index (χ1n) is 8.98. The lowest BCUT2D eigenvalue weighted by atomic mass is 9.64. The van der Waals surface area contributed by atoms with Gasteiger partial charge in [0.1, 0.15) is 0 Å². The first-order chi connectivity index (χ1) is 11.2. The number of likely N-dealkylation sites (tertiary alicyclic amines) is 1. The fourth-order valence-corrected chi connectivity index (χ4v) is 4.66. The summed E-state index contributed by atoms with van der Waals surface area (Å²) in [7, 11) is 0. The molecule has 3 nitrogen and oxygen atoms in total. The van der Waals surface area contributed by atoms with Crippen LogP contribution < -0.4 is 5.32 Å². The van der Waals surface area contributed by atoms with Crippen molar-refractivity contribution in [3.05, 3.63) is 34.9 Å². The first-order valence-corrected chi connectivity index (χ1v) is 9.36. The summed E-state index contributed by atoms with van der Waals surface area (Å²) in [6, 6.07) is 8.89. The minimum absolute atomic E-state index is 0.0526. The largest absolute Gasteiger partial charge is 0.354 e. The van der Waals surface area contributed by atoms with Gasteiger partial charge in [-0.3, -0.25) is 9.69 Å². The molecule has 1 saturated heterocycles. The number of hydrogen-bond acceptors (Lipinski definition) is 2. The highest BCUT2D eigenvalue weighted by atomic mass is 35.5. The molecule has 0 unspecified atom stereocenters. The molecule has 0 radical (unpaired) electrons. The maximum absolute atomic E-state index is 12.7. The molecule has 1 heterocycles. The molecule has 2 aliphatic carbocycles. The van der Waals surface area contributed by atoms with Crippen molar-refractivity contribution >= 4 is 17.5 Å². The summed E-state index contributed by atoms with van der Waals surface area (Å²) < 4.78 is 0. The number of amides is 1. The monoisotopic (exact) mass is 332 g/mol. The van der Waals surface area contributed by atoms with E-state index in [1.165, 1.54) is 24.8 Å².